The van der Waals surface area contributed by atoms with Gasteiger partial charge in [-0.15, -0.1) is 0 Å². The second-order valence-corrected chi connectivity index (χ2v) is 11.6. The van der Waals surface area contributed by atoms with Gasteiger partial charge in [-0.05, 0) is 49.2 Å². The van der Waals surface area contributed by atoms with Crippen molar-refractivity contribution in [2.24, 2.45) is 0 Å². The molecule has 0 aliphatic carbocycles. The maximum Gasteiger partial charge on any atom is 0.267 e. The Morgan fingerprint density at radius 2 is 1.93 bits per heavy atom. The summed E-state index contributed by atoms with van der Waals surface area (Å²) in [4.78, 5) is 38.4. The second-order valence-electron chi connectivity index (χ2n) is 9.92. The SMILES string of the molecule is CCOCCCN1C(=O)C(=Cc2c(N3CCN(Cc4ccc5c(c4)OCO5)CC3)nc3ccccn3c2=O)SC1=S. The van der Waals surface area contributed by atoms with E-state index in [1.165, 1.54) is 16.2 Å². The average Bonchev–Trinajstić information content (AvgIpc) is 3.56. The number of pyridine rings is 1. The van der Waals surface area contributed by atoms with Crippen LogP contribution in [0, 0.1) is 0 Å². The highest BCUT2D eigenvalue weighted by Gasteiger charge is 2.33. The van der Waals surface area contributed by atoms with Gasteiger partial charge in [-0.3, -0.25) is 23.8 Å². The smallest absolute Gasteiger partial charge is 0.267 e. The summed E-state index contributed by atoms with van der Waals surface area (Å²) in [5.41, 5.74) is 1.91. The maximum absolute atomic E-state index is 13.7. The Bertz CT molecular complexity index is 1570. The Morgan fingerprint density at radius 3 is 2.76 bits per heavy atom. The molecule has 6 rings (SSSR count). The van der Waals surface area contributed by atoms with Crippen LogP contribution in [-0.2, 0) is 16.1 Å². The standard InChI is InChI=1S/C29H31N5O5S2/c1-2-37-15-5-10-34-28(36)24(41-29(34)40)17-21-26(30-25-6-3-4-9-33(25)27(21)35)32-13-11-31(12-14-32)18-20-7-8-22-23(16-20)39-19-38-22/h3-4,6-9,16-17H,2,5,10-15,18-19H2,1H3. The van der Waals surface area contributed by atoms with E-state index in [4.69, 9.17) is 31.4 Å². The summed E-state index contributed by atoms with van der Waals surface area (Å²) in [6.07, 6.45) is 4.06. The third kappa shape index (κ3) is 5.82. The van der Waals surface area contributed by atoms with Crippen molar-refractivity contribution in [1.82, 2.24) is 19.2 Å². The number of carbonyl (C=O) groups is 1. The van der Waals surface area contributed by atoms with E-state index in [0.717, 1.165) is 36.7 Å². The van der Waals surface area contributed by atoms with E-state index < -0.39 is 0 Å². The van der Waals surface area contributed by atoms with Crippen LogP contribution >= 0.6 is 24.0 Å². The van der Waals surface area contributed by atoms with Gasteiger partial charge in [0.15, 0.2) is 11.5 Å². The molecule has 0 unspecified atom stereocenters. The highest BCUT2D eigenvalue weighted by Crippen LogP contribution is 2.35. The maximum atomic E-state index is 13.7. The number of piperazine rings is 1. The van der Waals surface area contributed by atoms with Crippen molar-refractivity contribution in [3.63, 3.8) is 0 Å². The van der Waals surface area contributed by atoms with Crippen molar-refractivity contribution in [2.75, 3.05) is 57.6 Å². The topological polar surface area (TPSA) is 88.8 Å². The quantitative estimate of drug-likeness (QED) is 0.209. The average molecular weight is 594 g/mol. The van der Waals surface area contributed by atoms with Crippen LogP contribution in [-0.4, -0.2) is 82.1 Å². The highest BCUT2D eigenvalue weighted by atomic mass is 32.2. The zero-order valence-corrected chi connectivity index (χ0v) is 24.4. The first-order valence-corrected chi connectivity index (χ1v) is 14.9. The number of rotatable bonds is 9. The molecule has 10 nitrogen and oxygen atoms in total. The molecule has 0 N–H and O–H groups in total. The minimum Gasteiger partial charge on any atom is -0.454 e. The van der Waals surface area contributed by atoms with Gasteiger partial charge in [-0.25, -0.2) is 4.98 Å². The Hall–Kier alpha value is -3.45. The molecule has 41 heavy (non-hydrogen) atoms. The molecular formula is C29H31N5O5S2. The molecule has 0 bridgehead atoms. The number of carbonyl (C=O) groups excluding carboxylic acids is 1. The Labute approximate surface area is 247 Å². The molecule has 5 heterocycles. The first-order chi connectivity index (χ1) is 20.0. The largest absolute Gasteiger partial charge is 0.454 e. The summed E-state index contributed by atoms with van der Waals surface area (Å²) in [6.45, 7) is 7.65. The molecule has 3 aliphatic heterocycles. The van der Waals surface area contributed by atoms with Crippen LogP contribution in [0.15, 0.2) is 52.3 Å². The first-order valence-electron chi connectivity index (χ1n) is 13.7. The summed E-state index contributed by atoms with van der Waals surface area (Å²) in [7, 11) is 0. The van der Waals surface area contributed by atoms with Crippen molar-refractivity contribution >= 4 is 51.7 Å². The van der Waals surface area contributed by atoms with Crippen LogP contribution in [0.25, 0.3) is 11.7 Å². The van der Waals surface area contributed by atoms with Crippen molar-refractivity contribution in [3.05, 3.63) is 69.0 Å². The molecule has 1 amide bonds. The van der Waals surface area contributed by atoms with Crippen LogP contribution < -0.4 is 19.9 Å². The number of amides is 1. The Morgan fingerprint density at radius 1 is 1.10 bits per heavy atom. The number of nitrogens with zero attached hydrogens (tertiary/aromatic N) is 5. The minimum atomic E-state index is -0.213. The van der Waals surface area contributed by atoms with Crippen molar-refractivity contribution in [3.8, 4) is 11.5 Å². The molecule has 12 heteroatoms. The van der Waals surface area contributed by atoms with Crippen LogP contribution in [0.3, 0.4) is 0 Å². The second kappa shape index (κ2) is 12.2. The lowest BCUT2D eigenvalue weighted by Crippen LogP contribution is -2.47. The first kappa shape index (κ1) is 27.7. The van der Waals surface area contributed by atoms with E-state index in [0.29, 0.717) is 65.5 Å². The van der Waals surface area contributed by atoms with E-state index in [1.807, 2.05) is 31.2 Å². The van der Waals surface area contributed by atoms with Crippen molar-refractivity contribution in [2.45, 2.75) is 19.9 Å². The molecular weight excluding hydrogens is 562 g/mol. The molecule has 3 aliphatic rings. The van der Waals surface area contributed by atoms with E-state index in [-0.39, 0.29) is 18.3 Å². The monoisotopic (exact) mass is 593 g/mol. The fraction of sp³-hybridized carbons (Fsp3) is 0.379. The van der Waals surface area contributed by atoms with Gasteiger partial charge < -0.3 is 19.1 Å². The molecule has 1 aromatic carbocycles. The van der Waals surface area contributed by atoms with E-state index in [2.05, 4.69) is 15.9 Å². The van der Waals surface area contributed by atoms with Gasteiger partial charge in [0.25, 0.3) is 11.5 Å². The van der Waals surface area contributed by atoms with Gasteiger partial charge in [-0.2, -0.15) is 0 Å². The lowest BCUT2D eigenvalue weighted by molar-refractivity contribution is -0.122. The number of ether oxygens (including phenoxy) is 3. The number of thioether (sulfide) groups is 1. The number of anilines is 1. The van der Waals surface area contributed by atoms with Crippen LogP contribution in [0.2, 0.25) is 0 Å². The molecule has 0 spiro atoms. The third-order valence-electron chi connectivity index (χ3n) is 7.29. The minimum absolute atomic E-state index is 0.187. The van der Waals surface area contributed by atoms with E-state index >= 15 is 0 Å². The fourth-order valence-electron chi connectivity index (χ4n) is 5.17. The summed E-state index contributed by atoms with van der Waals surface area (Å²) < 4.78 is 18.4. The molecule has 214 valence electrons. The fourth-order valence-corrected chi connectivity index (χ4v) is 6.46. The van der Waals surface area contributed by atoms with Crippen LogP contribution in [0.5, 0.6) is 11.5 Å². The predicted molar refractivity (Wildman–Crippen MR) is 163 cm³/mol. The van der Waals surface area contributed by atoms with Crippen molar-refractivity contribution < 1.29 is 19.0 Å². The molecule has 2 aromatic heterocycles. The number of benzene rings is 1. The van der Waals surface area contributed by atoms with Gasteiger partial charge in [-0.1, -0.05) is 36.1 Å². The summed E-state index contributed by atoms with van der Waals surface area (Å²) in [5, 5.41) is 0. The van der Waals surface area contributed by atoms with Crippen molar-refractivity contribution in [1.29, 1.82) is 0 Å². The molecule has 2 saturated heterocycles. The number of fused-ring (bicyclic) bond motifs is 2. The molecule has 0 atom stereocenters. The van der Waals surface area contributed by atoms with Gasteiger partial charge in [0.1, 0.15) is 15.8 Å². The number of hydrogen-bond acceptors (Lipinski definition) is 10. The Kier molecular flexibility index (Phi) is 8.24. The van der Waals surface area contributed by atoms with Gasteiger partial charge >= 0.3 is 0 Å². The van der Waals surface area contributed by atoms with E-state index in [1.54, 1.807) is 23.2 Å². The normalized spacial score (nSPS) is 18.3. The molecule has 0 radical (unpaired) electrons. The lowest BCUT2D eigenvalue weighted by Gasteiger charge is -2.36. The summed E-state index contributed by atoms with van der Waals surface area (Å²) in [6, 6.07) is 11.5. The van der Waals surface area contributed by atoms with Crippen LogP contribution in [0.1, 0.15) is 24.5 Å². The number of aromatic nitrogens is 2. The molecule has 2 fully saturated rings. The molecule has 3 aromatic rings. The zero-order valence-electron chi connectivity index (χ0n) is 22.8. The van der Waals surface area contributed by atoms with Gasteiger partial charge in [0.05, 0.1) is 10.5 Å². The highest BCUT2D eigenvalue weighted by molar-refractivity contribution is 8.26. The predicted octanol–water partition coefficient (Wildman–Crippen LogP) is 3.37. The molecule has 0 saturated carbocycles. The third-order valence-corrected chi connectivity index (χ3v) is 8.67. The van der Waals surface area contributed by atoms with Gasteiger partial charge in [0, 0.05) is 58.7 Å². The zero-order chi connectivity index (χ0) is 28.3. The Balaban J connectivity index is 1.23. The lowest BCUT2D eigenvalue weighted by atomic mass is 10.1. The summed E-state index contributed by atoms with van der Waals surface area (Å²) in [5.74, 6) is 1.97. The number of hydrogen-bond donors (Lipinski definition) is 0. The number of thiocarbonyl (C=S) groups is 1. The van der Waals surface area contributed by atoms with E-state index in [9.17, 15) is 9.59 Å². The van der Waals surface area contributed by atoms with Crippen LogP contribution in [0.4, 0.5) is 5.82 Å². The van der Waals surface area contributed by atoms with Gasteiger partial charge in [0.2, 0.25) is 6.79 Å². The summed E-state index contributed by atoms with van der Waals surface area (Å²) >= 11 is 6.73.